The van der Waals surface area contributed by atoms with Crippen molar-refractivity contribution in [3.63, 3.8) is 0 Å². The van der Waals surface area contributed by atoms with Crippen molar-refractivity contribution in [1.29, 1.82) is 0 Å². The second kappa shape index (κ2) is 9.89. The van der Waals surface area contributed by atoms with Gasteiger partial charge in [0.15, 0.2) is 0 Å². The van der Waals surface area contributed by atoms with Crippen LogP contribution in [0.5, 0.6) is 5.75 Å². The van der Waals surface area contributed by atoms with Crippen molar-refractivity contribution >= 4 is 15.9 Å². The van der Waals surface area contributed by atoms with Crippen LogP contribution in [0.25, 0.3) is 0 Å². The first-order valence-corrected chi connectivity index (χ1v) is 11.3. The number of rotatable bonds is 9. The monoisotopic (exact) mass is 418 g/mol. The van der Waals surface area contributed by atoms with Gasteiger partial charge in [-0.3, -0.25) is 4.79 Å². The first kappa shape index (κ1) is 22.9. The summed E-state index contributed by atoms with van der Waals surface area (Å²) < 4.78 is 32.8. The molecular formula is C22H30N2O4S. The van der Waals surface area contributed by atoms with E-state index >= 15 is 0 Å². The predicted molar refractivity (Wildman–Crippen MR) is 115 cm³/mol. The molecule has 6 nitrogen and oxygen atoms in total. The lowest BCUT2D eigenvalue weighted by atomic mass is 10.1. The zero-order chi connectivity index (χ0) is 21.6. The summed E-state index contributed by atoms with van der Waals surface area (Å²) in [5.41, 5.74) is 2.17. The maximum atomic E-state index is 12.9. The summed E-state index contributed by atoms with van der Waals surface area (Å²) in [7, 11) is -2.13. The Bertz CT molecular complexity index is 936. The molecule has 0 aliphatic heterocycles. The smallest absolute Gasteiger partial charge is 0.253 e. The van der Waals surface area contributed by atoms with Crippen LogP contribution in [0.4, 0.5) is 0 Å². The molecule has 0 spiro atoms. The summed E-state index contributed by atoms with van der Waals surface area (Å²) in [6, 6.07) is 11.9. The van der Waals surface area contributed by atoms with Gasteiger partial charge in [0.2, 0.25) is 10.0 Å². The van der Waals surface area contributed by atoms with Gasteiger partial charge in [-0.05, 0) is 58.0 Å². The Balaban J connectivity index is 2.37. The Morgan fingerprint density at radius 2 is 1.62 bits per heavy atom. The number of benzene rings is 2. The summed E-state index contributed by atoms with van der Waals surface area (Å²) in [5, 5.41) is 0. The van der Waals surface area contributed by atoms with Crippen LogP contribution in [-0.4, -0.2) is 50.3 Å². The van der Waals surface area contributed by atoms with Crippen LogP contribution in [0.3, 0.4) is 0 Å². The molecule has 158 valence electrons. The minimum Gasteiger partial charge on any atom is -0.494 e. The lowest BCUT2D eigenvalue weighted by molar-refractivity contribution is 0.0773. The minimum absolute atomic E-state index is 0.0802. The average molecular weight is 419 g/mol. The van der Waals surface area contributed by atoms with E-state index in [1.165, 1.54) is 11.4 Å². The zero-order valence-electron chi connectivity index (χ0n) is 17.8. The summed E-state index contributed by atoms with van der Waals surface area (Å²) >= 11 is 0. The lowest BCUT2D eigenvalue weighted by Crippen LogP contribution is -2.31. The van der Waals surface area contributed by atoms with Gasteiger partial charge in [-0.1, -0.05) is 17.7 Å². The van der Waals surface area contributed by atoms with Gasteiger partial charge in [-0.25, -0.2) is 8.42 Å². The first-order chi connectivity index (χ1) is 13.7. The Labute approximate surface area is 174 Å². The van der Waals surface area contributed by atoms with Crippen LogP contribution in [-0.2, 0) is 16.6 Å². The minimum atomic E-state index is -3.66. The lowest BCUT2D eigenvalue weighted by Gasteiger charge is -2.22. The molecule has 0 saturated heterocycles. The third-order valence-electron chi connectivity index (χ3n) is 4.78. The molecule has 0 unspecified atom stereocenters. The number of carbonyl (C=O) groups excluding carboxylic acids is 1. The van der Waals surface area contributed by atoms with Gasteiger partial charge in [0.05, 0.1) is 11.5 Å². The van der Waals surface area contributed by atoms with E-state index in [1.54, 1.807) is 47.4 Å². The molecule has 1 amide bonds. The molecule has 0 atom stereocenters. The normalized spacial score (nSPS) is 11.5. The predicted octanol–water partition coefficient (Wildman–Crippen LogP) is 3.70. The Hall–Kier alpha value is -2.38. The van der Waals surface area contributed by atoms with E-state index in [0.717, 1.165) is 5.56 Å². The summed E-state index contributed by atoms with van der Waals surface area (Å²) in [4.78, 5) is 14.7. The van der Waals surface area contributed by atoms with Crippen LogP contribution in [0.15, 0.2) is 47.4 Å². The quantitative estimate of drug-likeness (QED) is 0.623. The van der Waals surface area contributed by atoms with Gasteiger partial charge < -0.3 is 9.64 Å². The average Bonchev–Trinajstić information content (AvgIpc) is 2.70. The van der Waals surface area contributed by atoms with Crippen molar-refractivity contribution in [3.8, 4) is 5.75 Å². The van der Waals surface area contributed by atoms with E-state index < -0.39 is 10.0 Å². The Kier molecular flexibility index (Phi) is 7.81. The van der Waals surface area contributed by atoms with Gasteiger partial charge in [0.25, 0.3) is 5.91 Å². The van der Waals surface area contributed by atoms with Crippen LogP contribution < -0.4 is 4.74 Å². The molecule has 0 aromatic heterocycles. The van der Waals surface area contributed by atoms with Crippen molar-refractivity contribution in [2.45, 2.75) is 39.1 Å². The van der Waals surface area contributed by atoms with Gasteiger partial charge in [-0.15, -0.1) is 0 Å². The van der Waals surface area contributed by atoms with E-state index in [1.807, 2.05) is 27.7 Å². The molecular weight excluding hydrogens is 388 g/mol. The fourth-order valence-corrected chi connectivity index (χ4v) is 4.19. The van der Waals surface area contributed by atoms with Crippen molar-refractivity contribution < 1.29 is 17.9 Å². The molecule has 0 bridgehead atoms. The van der Waals surface area contributed by atoms with Crippen LogP contribution in [0.1, 0.15) is 42.3 Å². The largest absolute Gasteiger partial charge is 0.494 e. The molecule has 2 aromatic rings. The standard InChI is InChI=1S/C22H30N2O4S/c1-6-24(7-2)22(25)18-11-14-21(28-8-3)19(15-18)16-23(5)29(26,27)20-12-9-17(4)10-13-20/h9-15H,6-8,16H2,1-5H3. The van der Waals surface area contributed by atoms with Crippen molar-refractivity contribution in [2.75, 3.05) is 26.7 Å². The number of amides is 1. The van der Waals surface area contributed by atoms with E-state index in [9.17, 15) is 13.2 Å². The molecule has 29 heavy (non-hydrogen) atoms. The van der Waals surface area contributed by atoms with Gasteiger partial charge >= 0.3 is 0 Å². The molecule has 0 aliphatic rings. The highest BCUT2D eigenvalue weighted by atomic mass is 32.2. The van der Waals surface area contributed by atoms with Crippen molar-refractivity contribution in [2.24, 2.45) is 0 Å². The van der Waals surface area contributed by atoms with E-state index in [2.05, 4.69) is 0 Å². The SMILES string of the molecule is CCOc1ccc(C(=O)N(CC)CC)cc1CN(C)S(=O)(=O)c1ccc(C)cc1. The highest BCUT2D eigenvalue weighted by Crippen LogP contribution is 2.25. The molecule has 0 heterocycles. The third-order valence-corrected chi connectivity index (χ3v) is 6.60. The summed E-state index contributed by atoms with van der Waals surface area (Å²) in [6.45, 7) is 9.41. The number of nitrogens with zero attached hydrogens (tertiary/aromatic N) is 2. The first-order valence-electron chi connectivity index (χ1n) is 9.82. The molecule has 2 rings (SSSR count). The fraction of sp³-hybridized carbons (Fsp3) is 0.409. The second-order valence-electron chi connectivity index (χ2n) is 6.81. The van der Waals surface area contributed by atoms with Gasteiger partial charge in [0.1, 0.15) is 5.75 Å². The maximum Gasteiger partial charge on any atom is 0.253 e. The number of ether oxygens (including phenoxy) is 1. The third kappa shape index (κ3) is 5.36. The van der Waals surface area contributed by atoms with Gasteiger partial charge in [0, 0.05) is 37.8 Å². The summed E-state index contributed by atoms with van der Waals surface area (Å²) in [6.07, 6.45) is 0. The van der Waals surface area contributed by atoms with Crippen molar-refractivity contribution in [1.82, 2.24) is 9.21 Å². The van der Waals surface area contributed by atoms with Crippen LogP contribution in [0, 0.1) is 6.92 Å². The summed E-state index contributed by atoms with van der Waals surface area (Å²) in [5.74, 6) is 0.498. The Morgan fingerprint density at radius 1 is 1.00 bits per heavy atom. The molecule has 0 N–H and O–H groups in total. The van der Waals surface area contributed by atoms with E-state index in [-0.39, 0.29) is 17.3 Å². The highest BCUT2D eigenvalue weighted by molar-refractivity contribution is 7.89. The Morgan fingerprint density at radius 3 is 2.17 bits per heavy atom. The molecule has 0 radical (unpaired) electrons. The molecule has 0 fully saturated rings. The fourth-order valence-electron chi connectivity index (χ4n) is 3.04. The van der Waals surface area contributed by atoms with Crippen LogP contribution in [0.2, 0.25) is 0 Å². The second-order valence-corrected chi connectivity index (χ2v) is 8.85. The number of hydrogen-bond donors (Lipinski definition) is 0. The van der Waals surface area contributed by atoms with E-state index in [0.29, 0.717) is 36.6 Å². The number of sulfonamides is 1. The zero-order valence-corrected chi connectivity index (χ0v) is 18.6. The maximum absolute atomic E-state index is 12.9. The van der Waals surface area contributed by atoms with Gasteiger partial charge in [-0.2, -0.15) is 4.31 Å². The number of aryl methyl sites for hydroxylation is 1. The number of carbonyl (C=O) groups is 1. The topological polar surface area (TPSA) is 66.9 Å². The van der Waals surface area contributed by atoms with E-state index in [4.69, 9.17) is 4.74 Å². The molecule has 0 saturated carbocycles. The highest BCUT2D eigenvalue weighted by Gasteiger charge is 2.23. The van der Waals surface area contributed by atoms with Crippen LogP contribution >= 0.6 is 0 Å². The number of hydrogen-bond acceptors (Lipinski definition) is 4. The molecule has 2 aromatic carbocycles. The molecule has 0 aliphatic carbocycles. The van der Waals surface area contributed by atoms with Crippen molar-refractivity contribution in [3.05, 3.63) is 59.2 Å². The molecule has 7 heteroatoms.